The van der Waals surface area contributed by atoms with Crippen LogP contribution in [0.4, 0.5) is 17.1 Å². The number of halogens is 1. The first-order chi connectivity index (χ1) is 19.4. The highest BCUT2D eigenvalue weighted by atomic mass is 35.5. The molecule has 0 saturated carbocycles. The number of carbonyl (C=O) groups excluding carboxylic acids is 1. The summed E-state index contributed by atoms with van der Waals surface area (Å²) in [4.78, 5) is 37.1. The first-order valence-corrected chi connectivity index (χ1v) is 13.9. The summed E-state index contributed by atoms with van der Waals surface area (Å²) in [6.07, 6.45) is 0. The topological polar surface area (TPSA) is 146 Å². The minimum absolute atomic E-state index is 0.0391. The Morgan fingerprint density at radius 1 is 1.10 bits per heavy atom. The van der Waals surface area contributed by atoms with E-state index in [2.05, 4.69) is 5.32 Å². The molecule has 214 valence electrons. The summed E-state index contributed by atoms with van der Waals surface area (Å²) in [6, 6.07) is 16.4. The van der Waals surface area contributed by atoms with E-state index in [1.54, 1.807) is 49.0 Å². The average molecular weight is 600 g/mol. The number of aromatic nitrogens is 2. The number of nitro groups is 1. The average Bonchev–Trinajstić information content (AvgIpc) is 3.14. The fourth-order valence-corrected chi connectivity index (χ4v) is 5.86. The Kier molecular flexibility index (Phi) is 8.22. The van der Waals surface area contributed by atoms with Gasteiger partial charge in [-0.25, -0.2) is 13.1 Å². The summed E-state index contributed by atoms with van der Waals surface area (Å²) in [7, 11) is -1.63. The predicted octanol–water partition coefficient (Wildman–Crippen LogP) is 4.20. The van der Waals surface area contributed by atoms with Gasteiger partial charge in [-0.3, -0.25) is 28.7 Å². The van der Waals surface area contributed by atoms with Crippen molar-refractivity contribution < 1.29 is 22.9 Å². The molecule has 0 radical (unpaired) electrons. The SMILES string of the molecule is COc1ccc(Cl)cc1N(CC(=O)Nc1c(C)n(C)n(-c2ccccc2)c1=O)S(=O)(=O)c1ccc(C)c([N+](=O)[O-])c1. The van der Waals surface area contributed by atoms with Gasteiger partial charge in [0.05, 0.1) is 34.0 Å². The van der Waals surface area contributed by atoms with Crippen molar-refractivity contribution in [2.75, 3.05) is 23.3 Å². The van der Waals surface area contributed by atoms with Crippen LogP contribution >= 0.6 is 11.6 Å². The minimum atomic E-state index is -4.59. The molecule has 0 aliphatic carbocycles. The second-order valence-electron chi connectivity index (χ2n) is 9.02. The van der Waals surface area contributed by atoms with Gasteiger partial charge in [0.25, 0.3) is 21.3 Å². The number of nitrogens with one attached hydrogen (secondary N) is 1. The van der Waals surface area contributed by atoms with E-state index in [1.807, 2.05) is 0 Å². The van der Waals surface area contributed by atoms with Gasteiger partial charge in [-0.15, -0.1) is 0 Å². The molecule has 1 heterocycles. The first-order valence-electron chi connectivity index (χ1n) is 12.1. The molecule has 4 aromatic rings. The van der Waals surface area contributed by atoms with Crippen LogP contribution in [0.25, 0.3) is 5.69 Å². The maximum atomic E-state index is 13.9. The highest BCUT2D eigenvalue weighted by molar-refractivity contribution is 7.92. The van der Waals surface area contributed by atoms with Crippen molar-refractivity contribution in [3.8, 4) is 11.4 Å². The summed E-state index contributed by atoms with van der Waals surface area (Å²) < 4.78 is 36.8. The zero-order chi connectivity index (χ0) is 30.1. The number of rotatable bonds is 9. The molecule has 0 spiro atoms. The van der Waals surface area contributed by atoms with Crippen LogP contribution in [0.3, 0.4) is 0 Å². The minimum Gasteiger partial charge on any atom is -0.495 e. The number of anilines is 2. The number of ether oxygens (including phenoxy) is 1. The lowest BCUT2D eigenvalue weighted by Gasteiger charge is -2.25. The number of nitrogens with zero attached hydrogens (tertiary/aromatic N) is 4. The van der Waals surface area contributed by atoms with E-state index < -0.39 is 43.5 Å². The molecule has 0 fully saturated rings. The number of benzene rings is 3. The smallest absolute Gasteiger partial charge is 0.295 e. The molecule has 3 aromatic carbocycles. The summed E-state index contributed by atoms with van der Waals surface area (Å²) in [5, 5.41) is 14.2. The number of para-hydroxylation sites is 1. The van der Waals surface area contributed by atoms with Crippen LogP contribution in [-0.4, -0.2) is 42.3 Å². The van der Waals surface area contributed by atoms with Crippen molar-refractivity contribution in [3.63, 3.8) is 0 Å². The zero-order valence-electron chi connectivity index (χ0n) is 22.5. The van der Waals surface area contributed by atoms with Crippen molar-refractivity contribution in [1.29, 1.82) is 0 Å². The largest absolute Gasteiger partial charge is 0.495 e. The molecule has 0 atom stereocenters. The van der Waals surface area contributed by atoms with E-state index in [1.165, 1.54) is 49.0 Å². The Balaban J connectivity index is 1.79. The maximum Gasteiger partial charge on any atom is 0.295 e. The number of hydrogen-bond donors (Lipinski definition) is 1. The van der Waals surface area contributed by atoms with E-state index in [0.29, 0.717) is 11.4 Å². The Hall–Kier alpha value is -4.62. The van der Waals surface area contributed by atoms with E-state index in [4.69, 9.17) is 16.3 Å². The number of methoxy groups -OCH3 is 1. The summed E-state index contributed by atoms with van der Waals surface area (Å²) >= 11 is 6.17. The molecule has 0 aliphatic heterocycles. The molecule has 12 nitrogen and oxygen atoms in total. The van der Waals surface area contributed by atoms with Gasteiger partial charge >= 0.3 is 0 Å². The van der Waals surface area contributed by atoms with Gasteiger partial charge in [-0.05, 0) is 50.2 Å². The number of amides is 1. The number of nitro benzene ring substituents is 1. The third-order valence-electron chi connectivity index (χ3n) is 6.48. The first kappa shape index (κ1) is 29.4. The molecule has 4 rings (SSSR count). The molecule has 0 aliphatic rings. The van der Waals surface area contributed by atoms with Crippen LogP contribution < -0.4 is 19.9 Å². The number of hydrogen-bond acceptors (Lipinski definition) is 7. The van der Waals surface area contributed by atoms with Gasteiger partial charge in [-0.2, -0.15) is 0 Å². The third kappa shape index (κ3) is 5.67. The molecular weight excluding hydrogens is 574 g/mol. The van der Waals surface area contributed by atoms with Crippen molar-refractivity contribution in [3.05, 3.63) is 103 Å². The standard InChI is InChI=1S/C27H26ClN5O7S/c1-17-10-12-21(15-22(17)33(36)37)41(38,39)31(23-14-19(28)11-13-24(23)40-4)16-25(34)29-26-18(2)30(3)32(27(26)35)20-8-6-5-7-9-20/h5-15H,16H2,1-4H3,(H,29,34). The monoisotopic (exact) mass is 599 g/mol. The van der Waals surface area contributed by atoms with Gasteiger partial charge in [0.2, 0.25) is 5.91 Å². The highest BCUT2D eigenvalue weighted by Gasteiger charge is 2.32. The molecule has 1 amide bonds. The van der Waals surface area contributed by atoms with Gasteiger partial charge in [0.15, 0.2) is 0 Å². The second-order valence-corrected chi connectivity index (χ2v) is 11.3. The Bertz CT molecular complexity index is 1820. The normalized spacial score (nSPS) is 11.2. The Morgan fingerprint density at radius 3 is 2.41 bits per heavy atom. The van der Waals surface area contributed by atoms with Crippen molar-refractivity contribution in [2.24, 2.45) is 7.05 Å². The third-order valence-corrected chi connectivity index (χ3v) is 8.47. The van der Waals surface area contributed by atoms with Gasteiger partial charge in [-0.1, -0.05) is 35.9 Å². The predicted molar refractivity (Wildman–Crippen MR) is 155 cm³/mol. The van der Waals surface area contributed by atoms with E-state index >= 15 is 0 Å². The Labute approximate surface area is 240 Å². The summed E-state index contributed by atoms with van der Waals surface area (Å²) in [5.74, 6) is -0.766. The van der Waals surface area contributed by atoms with Crippen LogP contribution in [-0.2, 0) is 21.9 Å². The number of aryl methyl sites for hydroxylation is 1. The van der Waals surface area contributed by atoms with Crippen molar-refractivity contribution >= 4 is 44.6 Å². The van der Waals surface area contributed by atoms with Crippen molar-refractivity contribution in [2.45, 2.75) is 18.7 Å². The van der Waals surface area contributed by atoms with Gasteiger partial charge in [0, 0.05) is 23.7 Å². The zero-order valence-corrected chi connectivity index (χ0v) is 24.1. The molecular formula is C27H26ClN5O7S. The van der Waals surface area contributed by atoms with Crippen LogP contribution in [0, 0.1) is 24.0 Å². The lowest BCUT2D eigenvalue weighted by Crippen LogP contribution is -2.39. The van der Waals surface area contributed by atoms with Crippen molar-refractivity contribution in [1.82, 2.24) is 9.36 Å². The van der Waals surface area contributed by atoms with Gasteiger partial charge in [0.1, 0.15) is 18.0 Å². The number of carbonyl (C=O) groups is 1. The second kappa shape index (κ2) is 11.5. The maximum absolute atomic E-state index is 13.9. The van der Waals surface area contributed by atoms with Crippen LogP contribution in [0.15, 0.2) is 76.4 Å². The van der Waals surface area contributed by atoms with E-state index in [9.17, 15) is 28.1 Å². The van der Waals surface area contributed by atoms with Crippen LogP contribution in [0.2, 0.25) is 5.02 Å². The fraction of sp³-hybridized carbons (Fsp3) is 0.185. The van der Waals surface area contributed by atoms with E-state index in [0.717, 1.165) is 10.4 Å². The quantitative estimate of drug-likeness (QED) is 0.224. The van der Waals surface area contributed by atoms with Gasteiger partial charge < -0.3 is 10.1 Å². The molecule has 1 aromatic heterocycles. The lowest BCUT2D eigenvalue weighted by atomic mass is 10.2. The molecule has 1 N–H and O–H groups in total. The molecule has 14 heteroatoms. The highest BCUT2D eigenvalue weighted by Crippen LogP contribution is 2.36. The number of sulfonamides is 1. The van der Waals surface area contributed by atoms with E-state index in [-0.39, 0.29) is 27.7 Å². The summed E-state index contributed by atoms with van der Waals surface area (Å²) in [6.45, 7) is 2.31. The molecule has 0 bridgehead atoms. The van der Waals surface area contributed by atoms with Crippen LogP contribution in [0.1, 0.15) is 11.3 Å². The Morgan fingerprint density at radius 2 is 1.78 bits per heavy atom. The summed E-state index contributed by atoms with van der Waals surface area (Å²) in [5.41, 5.74) is 0.206. The molecule has 0 saturated heterocycles. The molecule has 41 heavy (non-hydrogen) atoms. The van der Waals surface area contributed by atoms with Crippen LogP contribution in [0.5, 0.6) is 5.75 Å². The lowest BCUT2D eigenvalue weighted by molar-refractivity contribution is -0.385. The fourth-order valence-electron chi connectivity index (χ4n) is 4.25. The molecule has 0 unspecified atom stereocenters.